The number of piperazine rings is 1. The molecule has 0 aromatic heterocycles. The average Bonchev–Trinajstić information content (AvgIpc) is 3.56. The van der Waals surface area contributed by atoms with Gasteiger partial charge in [-0.1, -0.05) is 38.1 Å². The highest BCUT2D eigenvalue weighted by Crippen LogP contribution is 2.48. The molecule has 1 aliphatic carbocycles. The minimum atomic E-state index is -0.251. The minimum Gasteiger partial charge on any atom is -0.339 e. The Morgan fingerprint density at radius 2 is 1.58 bits per heavy atom. The molecule has 0 radical (unpaired) electrons. The van der Waals surface area contributed by atoms with Crippen molar-refractivity contribution in [3.8, 4) is 0 Å². The first-order chi connectivity index (χ1) is 14.9. The highest BCUT2D eigenvalue weighted by Gasteiger charge is 2.46. The van der Waals surface area contributed by atoms with E-state index in [1.165, 1.54) is 17.0 Å². The molecule has 1 heterocycles. The van der Waals surface area contributed by atoms with Crippen LogP contribution in [-0.2, 0) is 16.0 Å². The van der Waals surface area contributed by atoms with E-state index in [4.69, 9.17) is 0 Å². The van der Waals surface area contributed by atoms with Gasteiger partial charge in [-0.2, -0.15) is 0 Å². The molecule has 2 aromatic carbocycles. The Labute approximate surface area is 187 Å². The number of thioether (sulfide) groups is 1. The fourth-order valence-corrected chi connectivity index (χ4v) is 5.04. The van der Waals surface area contributed by atoms with Crippen LogP contribution in [0.2, 0.25) is 0 Å². The summed E-state index contributed by atoms with van der Waals surface area (Å²) in [6.45, 7) is 6.67. The van der Waals surface area contributed by atoms with Gasteiger partial charge >= 0.3 is 0 Å². The molecule has 4 rings (SSSR count). The van der Waals surface area contributed by atoms with Crippen LogP contribution in [0.15, 0.2) is 53.4 Å². The lowest BCUT2D eigenvalue weighted by atomic mass is 10.1. The molecule has 6 heteroatoms. The number of halogens is 1. The van der Waals surface area contributed by atoms with E-state index in [0.29, 0.717) is 37.8 Å². The SMILES string of the molecule is CC(C)Sc1ccc(CC(=O)N2CCN(C(=O)C3CC3c3ccc(F)cc3)CC2)cc1. The minimum absolute atomic E-state index is 0.00469. The molecule has 31 heavy (non-hydrogen) atoms. The first-order valence-electron chi connectivity index (χ1n) is 11.0. The number of nitrogens with zero attached hydrogens (tertiary/aromatic N) is 2. The predicted octanol–water partition coefficient (Wildman–Crippen LogP) is 4.34. The van der Waals surface area contributed by atoms with Crippen molar-refractivity contribution in [3.63, 3.8) is 0 Å². The second kappa shape index (κ2) is 9.43. The number of benzene rings is 2. The van der Waals surface area contributed by atoms with Crippen LogP contribution < -0.4 is 0 Å². The zero-order chi connectivity index (χ0) is 22.0. The molecule has 1 aliphatic heterocycles. The second-order valence-electron chi connectivity index (χ2n) is 8.69. The molecular formula is C25H29FN2O2S. The van der Waals surface area contributed by atoms with Crippen LogP contribution in [0.5, 0.6) is 0 Å². The average molecular weight is 441 g/mol. The van der Waals surface area contributed by atoms with Crippen LogP contribution in [0.3, 0.4) is 0 Å². The lowest BCUT2D eigenvalue weighted by Gasteiger charge is -2.35. The molecule has 0 N–H and O–H groups in total. The van der Waals surface area contributed by atoms with Gasteiger partial charge in [0, 0.05) is 42.2 Å². The van der Waals surface area contributed by atoms with Crippen LogP contribution in [-0.4, -0.2) is 53.0 Å². The Morgan fingerprint density at radius 1 is 0.968 bits per heavy atom. The van der Waals surface area contributed by atoms with Gasteiger partial charge < -0.3 is 9.80 Å². The second-order valence-corrected chi connectivity index (χ2v) is 10.3. The largest absolute Gasteiger partial charge is 0.339 e. The fraction of sp³-hybridized carbons (Fsp3) is 0.440. The van der Waals surface area contributed by atoms with Gasteiger partial charge in [-0.15, -0.1) is 11.8 Å². The third-order valence-electron chi connectivity index (χ3n) is 6.00. The van der Waals surface area contributed by atoms with E-state index in [9.17, 15) is 14.0 Å². The topological polar surface area (TPSA) is 40.6 Å². The molecule has 1 saturated heterocycles. The highest BCUT2D eigenvalue weighted by atomic mass is 32.2. The number of carbonyl (C=O) groups is 2. The van der Waals surface area contributed by atoms with Crippen LogP contribution >= 0.6 is 11.8 Å². The number of hydrogen-bond acceptors (Lipinski definition) is 3. The monoisotopic (exact) mass is 440 g/mol. The van der Waals surface area contributed by atoms with Gasteiger partial charge in [-0.25, -0.2) is 4.39 Å². The molecule has 2 unspecified atom stereocenters. The van der Waals surface area contributed by atoms with Crippen molar-refractivity contribution >= 4 is 23.6 Å². The quantitative estimate of drug-likeness (QED) is 0.628. The third-order valence-corrected chi connectivity index (χ3v) is 7.02. The van der Waals surface area contributed by atoms with Gasteiger partial charge in [0.15, 0.2) is 0 Å². The van der Waals surface area contributed by atoms with Gasteiger partial charge in [-0.3, -0.25) is 9.59 Å². The summed E-state index contributed by atoms with van der Waals surface area (Å²) in [6, 6.07) is 14.7. The summed E-state index contributed by atoms with van der Waals surface area (Å²) in [5.41, 5.74) is 2.06. The lowest BCUT2D eigenvalue weighted by Crippen LogP contribution is -2.51. The van der Waals surface area contributed by atoms with Gasteiger partial charge in [0.1, 0.15) is 5.82 Å². The molecule has 2 fully saturated rings. The van der Waals surface area contributed by atoms with Crippen molar-refractivity contribution in [2.75, 3.05) is 26.2 Å². The highest BCUT2D eigenvalue weighted by molar-refractivity contribution is 7.99. The summed E-state index contributed by atoms with van der Waals surface area (Å²) in [7, 11) is 0. The van der Waals surface area contributed by atoms with Crippen LogP contribution in [0.25, 0.3) is 0 Å². The van der Waals surface area contributed by atoms with Crippen molar-refractivity contribution in [1.82, 2.24) is 9.80 Å². The molecule has 1 saturated carbocycles. The Hall–Kier alpha value is -2.34. The Morgan fingerprint density at radius 3 is 2.19 bits per heavy atom. The van der Waals surface area contributed by atoms with Crippen LogP contribution in [0.4, 0.5) is 4.39 Å². The Kier molecular flexibility index (Phi) is 6.65. The molecule has 2 atom stereocenters. The predicted molar refractivity (Wildman–Crippen MR) is 122 cm³/mol. The van der Waals surface area contributed by atoms with Crippen molar-refractivity contribution in [2.24, 2.45) is 5.92 Å². The van der Waals surface area contributed by atoms with E-state index in [-0.39, 0.29) is 29.5 Å². The number of rotatable bonds is 6. The van der Waals surface area contributed by atoms with E-state index in [1.807, 2.05) is 33.7 Å². The number of hydrogen-bond donors (Lipinski definition) is 0. The van der Waals surface area contributed by atoms with Crippen molar-refractivity contribution in [1.29, 1.82) is 0 Å². The van der Waals surface area contributed by atoms with E-state index >= 15 is 0 Å². The van der Waals surface area contributed by atoms with Gasteiger partial charge in [-0.05, 0) is 47.7 Å². The Bertz CT molecular complexity index is 922. The fourth-order valence-electron chi connectivity index (χ4n) is 4.20. The molecule has 4 nitrogen and oxygen atoms in total. The maximum Gasteiger partial charge on any atom is 0.227 e. The van der Waals surface area contributed by atoms with Crippen molar-refractivity contribution in [2.45, 2.75) is 42.8 Å². The van der Waals surface area contributed by atoms with Gasteiger partial charge in [0.05, 0.1) is 6.42 Å². The zero-order valence-electron chi connectivity index (χ0n) is 18.1. The lowest BCUT2D eigenvalue weighted by molar-refractivity contribution is -0.140. The van der Waals surface area contributed by atoms with E-state index in [1.54, 1.807) is 12.1 Å². The summed E-state index contributed by atoms with van der Waals surface area (Å²) < 4.78 is 13.1. The standard InChI is InChI=1S/C25H29FN2O2S/c1-17(2)31-21-9-3-18(4-10-21)15-24(29)27-11-13-28(14-12-27)25(30)23-16-22(23)19-5-7-20(26)8-6-19/h3-10,17,22-23H,11-16H2,1-2H3. The van der Waals surface area contributed by atoms with Crippen molar-refractivity contribution < 1.29 is 14.0 Å². The normalized spacial score (nSPS) is 20.8. The van der Waals surface area contributed by atoms with Crippen LogP contribution in [0.1, 0.15) is 37.3 Å². The Balaban J connectivity index is 1.24. The maximum atomic E-state index is 13.1. The molecule has 2 aromatic rings. The summed E-state index contributed by atoms with van der Waals surface area (Å²) in [5.74, 6) is 0.227. The summed E-state index contributed by atoms with van der Waals surface area (Å²) in [5, 5.41) is 0.535. The van der Waals surface area contributed by atoms with E-state index in [0.717, 1.165) is 17.5 Å². The summed E-state index contributed by atoms with van der Waals surface area (Å²) in [4.78, 5) is 30.5. The molecular weight excluding hydrogens is 411 g/mol. The first-order valence-corrected chi connectivity index (χ1v) is 11.9. The van der Waals surface area contributed by atoms with Gasteiger partial charge in [0.2, 0.25) is 11.8 Å². The molecule has 0 spiro atoms. The summed E-state index contributed by atoms with van der Waals surface area (Å²) >= 11 is 1.81. The summed E-state index contributed by atoms with van der Waals surface area (Å²) in [6.07, 6.45) is 1.23. The van der Waals surface area contributed by atoms with Crippen LogP contribution in [0, 0.1) is 11.7 Å². The zero-order valence-corrected chi connectivity index (χ0v) is 18.9. The third kappa shape index (κ3) is 5.48. The van der Waals surface area contributed by atoms with Crippen molar-refractivity contribution in [3.05, 3.63) is 65.5 Å². The maximum absolute atomic E-state index is 13.1. The van der Waals surface area contributed by atoms with E-state index in [2.05, 4.69) is 26.0 Å². The molecule has 2 amide bonds. The number of amides is 2. The van der Waals surface area contributed by atoms with Gasteiger partial charge in [0.25, 0.3) is 0 Å². The van der Waals surface area contributed by atoms with E-state index < -0.39 is 0 Å². The molecule has 2 aliphatic rings. The first kappa shape index (κ1) is 21.9. The molecule has 0 bridgehead atoms. The molecule has 164 valence electrons. The smallest absolute Gasteiger partial charge is 0.227 e. The number of carbonyl (C=O) groups excluding carboxylic acids is 2.